The first-order valence-electron chi connectivity index (χ1n) is 9.85. The van der Waals surface area contributed by atoms with Crippen LogP contribution in [-0.2, 0) is 24.6 Å². The van der Waals surface area contributed by atoms with Crippen molar-refractivity contribution in [3.05, 3.63) is 35.4 Å². The molecule has 0 aliphatic heterocycles. The van der Waals surface area contributed by atoms with E-state index in [1.807, 2.05) is 0 Å². The lowest BCUT2D eigenvalue weighted by atomic mass is 10.1. The Morgan fingerprint density at radius 1 is 1.04 bits per heavy atom. The van der Waals surface area contributed by atoms with Crippen molar-refractivity contribution >= 4 is 19.5 Å². The van der Waals surface area contributed by atoms with Gasteiger partial charge in [-0.15, -0.1) is 0 Å². The molecule has 1 aromatic rings. The first kappa shape index (κ1) is 24.3. The number of unbranched alkanes of at least 4 members (excludes halogenated alkanes) is 3. The first-order valence-corrected chi connectivity index (χ1v) is 11.6. The van der Waals surface area contributed by atoms with Gasteiger partial charge in [0.25, 0.3) is 5.91 Å². The molecule has 1 amide bonds. The standard InChI is InChI=1S/C20H32NO6P/c1-4-7-8-9-10-18(20(23)24)21-19(22)17-13-11-16(12-14-17)15-28(25,26-5-2)27-6-3/h11-14,18H,4-10,15H2,1-3H3,(H,21,22)(H,23,24)/t18-/m0/s1. The van der Waals surface area contributed by atoms with Crippen molar-refractivity contribution in [1.29, 1.82) is 0 Å². The van der Waals surface area contributed by atoms with E-state index in [0.29, 0.717) is 12.0 Å². The lowest BCUT2D eigenvalue weighted by Gasteiger charge is -2.17. The van der Waals surface area contributed by atoms with Crippen LogP contribution in [0.2, 0.25) is 0 Å². The van der Waals surface area contributed by atoms with E-state index in [0.717, 1.165) is 31.2 Å². The summed E-state index contributed by atoms with van der Waals surface area (Å²) in [5, 5.41) is 11.9. The van der Waals surface area contributed by atoms with Crippen LogP contribution in [0.4, 0.5) is 0 Å². The summed E-state index contributed by atoms with van der Waals surface area (Å²) in [6.07, 6.45) is 4.35. The van der Waals surface area contributed by atoms with Gasteiger partial charge in [0.2, 0.25) is 0 Å². The summed E-state index contributed by atoms with van der Waals surface area (Å²) in [7, 11) is -3.21. The van der Waals surface area contributed by atoms with Gasteiger partial charge in [0.15, 0.2) is 0 Å². The first-order chi connectivity index (χ1) is 13.3. The number of aliphatic carboxylic acids is 1. The molecule has 1 rings (SSSR count). The van der Waals surface area contributed by atoms with E-state index in [-0.39, 0.29) is 19.4 Å². The number of hydrogen-bond donors (Lipinski definition) is 2. The van der Waals surface area contributed by atoms with Gasteiger partial charge in [0.05, 0.1) is 19.4 Å². The molecule has 0 saturated carbocycles. The van der Waals surface area contributed by atoms with E-state index < -0.39 is 25.5 Å². The lowest BCUT2D eigenvalue weighted by molar-refractivity contribution is -0.139. The van der Waals surface area contributed by atoms with Crippen LogP contribution in [-0.4, -0.2) is 36.2 Å². The minimum atomic E-state index is -3.21. The number of carboxylic acids is 1. The SMILES string of the molecule is CCCCCC[C@H](NC(=O)c1ccc(CP(=O)(OCC)OCC)cc1)C(=O)O. The molecule has 0 fully saturated rings. The summed E-state index contributed by atoms with van der Waals surface area (Å²) in [5.74, 6) is -1.47. The Balaban J connectivity index is 2.71. The van der Waals surface area contributed by atoms with Crippen molar-refractivity contribution in [3.63, 3.8) is 0 Å². The van der Waals surface area contributed by atoms with Crippen molar-refractivity contribution in [2.24, 2.45) is 0 Å². The number of carboxylic acid groups (broad SMARTS) is 1. The average Bonchev–Trinajstić information content (AvgIpc) is 2.64. The van der Waals surface area contributed by atoms with Crippen LogP contribution in [0, 0.1) is 0 Å². The highest BCUT2D eigenvalue weighted by Gasteiger charge is 2.24. The van der Waals surface area contributed by atoms with Gasteiger partial charge in [0.1, 0.15) is 6.04 Å². The van der Waals surface area contributed by atoms with E-state index in [4.69, 9.17) is 9.05 Å². The number of carbonyl (C=O) groups is 2. The molecule has 1 atom stereocenters. The molecule has 28 heavy (non-hydrogen) atoms. The minimum Gasteiger partial charge on any atom is -0.480 e. The molecule has 0 unspecified atom stereocenters. The fourth-order valence-corrected chi connectivity index (χ4v) is 4.48. The van der Waals surface area contributed by atoms with Crippen LogP contribution >= 0.6 is 7.60 Å². The van der Waals surface area contributed by atoms with E-state index in [9.17, 15) is 19.3 Å². The molecule has 0 bridgehead atoms. The number of hydrogen-bond acceptors (Lipinski definition) is 5. The van der Waals surface area contributed by atoms with Crippen molar-refractivity contribution in [1.82, 2.24) is 5.32 Å². The van der Waals surface area contributed by atoms with Gasteiger partial charge in [-0.2, -0.15) is 0 Å². The second-order valence-corrected chi connectivity index (χ2v) is 8.57. The number of rotatable bonds is 14. The van der Waals surface area contributed by atoms with Gasteiger partial charge in [-0.3, -0.25) is 9.36 Å². The van der Waals surface area contributed by atoms with Crippen molar-refractivity contribution in [2.45, 2.75) is 65.1 Å². The van der Waals surface area contributed by atoms with Gasteiger partial charge in [0, 0.05) is 5.56 Å². The number of amides is 1. The van der Waals surface area contributed by atoms with Crippen LogP contribution in [0.5, 0.6) is 0 Å². The third kappa shape index (κ3) is 8.55. The zero-order chi connectivity index (χ0) is 21.0. The molecule has 0 radical (unpaired) electrons. The van der Waals surface area contributed by atoms with E-state index in [1.165, 1.54) is 0 Å². The van der Waals surface area contributed by atoms with Gasteiger partial charge in [-0.05, 0) is 38.0 Å². The quantitative estimate of drug-likeness (QED) is 0.341. The van der Waals surface area contributed by atoms with Gasteiger partial charge in [-0.25, -0.2) is 4.79 Å². The summed E-state index contributed by atoms with van der Waals surface area (Å²) < 4.78 is 23.1. The molecule has 158 valence electrons. The Kier molecular flexibility index (Phi) is 11.0. The molecule has 2 N–H and O–H groups in total. The highest BCUT2D eigenvalue weighted by molar-refractivity contribution is 7.53. The Morgan fingerprint density at radius 3 is 2.14 bits per heavy atom. The van der Waals surface area contributed by atoms with Crippen molar-refractivity contribution < 1.29 is 28.3 Å². The van der Waals surface area contributed by atoms with E-state index in [2.05, 4.69) is 12.2 Å². The predicted octanol–water partition coefficient (Wildman–Crippen LogP) is 4.61. The van der Waals surface area contributed by atoms with Crippen molar-refractivity contribution in [3.8, 4) is 0 Å². The monoisotopic (exact) mass is 413 g/mol. The van der Waals surface area contributed by atoms with Gasteiger partial charge in [-0.1, -0.05) is 44.7 Å². The minimum absolute atomic E-state index is 0.117. The third-order valence-corrected chi connectivity index (χ3v) is 6.25. The summed E-state index contributed by atoms with van der Waals surface area (Å²) in [6.45, 7) is 6.15. The molecule has 1 aromatic carbocycles. The van der Waals surface area contributed by atoms with Crippen LogP contribution in [0.25, 0.3) is 0 Å². The third-order valence-electron chi connectivity index (χ3n) is 4.19. The van der Waals surface area contributed by atoms with Gasteiger partial charge >= 0.3 is 13.6 Å². The zero-order valence-electron chi connectivity index (χ0n) is 17.0. The average molecular weight is 413 g/mol. The summed E-state index contributed by atoms with van der Waals surface area (Å²) >= 11 is 0. The molecule has 0 aliphatic carbocycles. The number of nitrogens with one attached hydrogen (secondary N) is 1. The largest absolute Gasteiger partial charge is 0.480 e. The summed E-state index contributed by atoms with van der Waals surface area (Å²) in [6, 6.07) is 5.62. The Bertz CT molecular complexity index is 651. The fraction of sp³-hybridized carbons (Fsp3) is 0.600. The molecule has 0 spiro atoms. The number of carbonyl (C=O) groups excluding carboxylic acids is 1. The van der Waals surface area contributed by atoms with Crippen molar-refractivity contribution in [2.75, 3.05) is 13.2 Å². The topological polar surface area (TPSA) is 102 Å². The molecule has 0 aliphatic rings. The van der Waals surface area contributed by atoms with E-state index >= 15 is 0 Å². The Morgan fingerprint density at radius 2 is 1.64 bits per heavy atom. The fourth-order valence-electron chi connectivity index (χ4n) is 2.78. The smallest absolute Gasteiger partial charge is 0.335 e. The van der Waals surface area contributed by atoms with Crippen LogP contribution < -0.4 is 5.32 Å². The molecule has 0 saturated heterocycles. The summed E-state index contributed by atoms with van der Waals surface area (Å²) in [5.41, 5.74) is 1.07. The normalized spacial score (nSPS) is 12.5. The molecule has 0 aromatic heterocycles. The molecular formula is C20H32NO6P. The van der Waals surface area contributed by atoms with Gasteiger partial charge < -0.3 is 19.5 Å². The second kappa shape index (κ2) is 12.7. The Hall–Kier alpha value is -1.69. The molecule has 8 heteroatoms. The molecular weight excluding hydrogens is 381 g/mol. The highest BCUT2D eigenvalue weighted by atomic mass is 31.2. The van der Waals surface area contributed by atoms with E-state index in [1.54, 1.807) is 38.1 Å². The predicted molar refractivity (Wildman–Crippen MR) is 109 cm³/mol. The lowest BCUT2D eigenvalue weighted by Crippen LogP contribution is -2.40. The maximum Gasteiger partial charge on any atom is 0.335 e. The maximum absolute atomic E-state index is 12.6. The molecule has 7 nitrogen and oxygen atoms in total. The Labute approximate surface area is 167 Å². The molecule has 0 heterocycles. The number of benzene rings is 1. The maximum atomic E-state index is 12.6. The second-order valence-electron chi connectivity index (χ2n) is 6.52. The van der Waals surface area contributed by atoms with Crippen LogP contribution in [0.15, 0.2) is 24.3 Å². The zero-order valence-corrected chi connectivity index (χ0v) is 17.9. The summed E-state index contributed by atoms with van der Waals surface area (Å²) in [4.78, 5) is 23.8. The van der Waals surface area contributed by atoms with Crippen LogP contribution in [0.3, 0.4) is 0 Å². The van der Waals surface area contributed by atoms with Crippen LogP contribution in [0.1, 0.15) is 68.8 Å². The highest BCUT2D eigenvalue weighted by Crippen LogP contribution is 2.51.